The van der Waals surface area contributed by atoms with Crippen molar-refractivity contribution in [2.45, 2.75) is 6.92 Å². The highest BCUT2D eigenvalue weighted by Gasteiger charge is 2.08. The van der Waals surface area contributed by atoms with Gasteiger partial charge in [-0.25, -0.2) is 0 Å². The first-order valence-corrected chi connectivity index (χ1v) is 5.77. The normalized spacial score (nSPS) is 10.4. The molecule has 84 valence electrons. The molecule has 2 rings (SSSR count). The monoisotopic (exact) mass is 234 g/mol. The minimum Gasteiger partial charge on any atom is -0.399 e. The second kappa shape index (κ2) is 4.09. The topological polar surface area (TPSA) is 55.0 Å². The Bertz CT molecular complexity index is 504. The Morgan fingerprint density at radius 3 is 2.56 bits per heavy atom. The molecule has 0 saturated heterocycles. The number of aromatic nitrogens is 2. The van der Waals surface area contributed by atoms with E-state index in [9.17, 15) is 0 Å². The first-order chi connectivity index (χ1) is 7.58. The highest BCUT2D eigenvalue weighted by molar-refractivity contribution is 7.18. The third-order valence-electron chi connectivity index (χ3n) is 2.31. The Balaban J connectivity index is 2.39. The molecule has 0 aliphatic rings. The lowest BCUT2D eigenvalue weighted by atomic mass is 10.1. The van der Waals surface area contributed by atoms with E-state index in [1.807, 2.05) is 44.1 Å². The molecule has 0 saturated carbocycles. The predicted octanol–water partition coefficient (Wildman–Crippen LogP) is 2.16. The van der Waals surface area contributed by atoms with Gasteiger partial charge >= 0.3 is 0 Å². The molecule has 0 aliphatic heterocycles. The molecule has 0 aliphatic carbocycles. The van der Waals surface area contributed by atoms with Gasteiger partial charge in [0, 0.05) is 25.3 Å². The number of aryl methyl sites for hydroxylation is 1. The summed E-state index contributed by atoms with van der Waals surface area (Å²) in [5.41, 5.74) is 8.72. The molecule has 0 amide bonds. The molecule has 0 atom stereocenters. The third-order valence-corrected chi connectivity index (χ3v) is 3.45. The van der Waals surface area contributed by atoms with E-state index in [1.54, 1.807) is 11.3 Å². The van der Waals surface area contributed by atoms with Gasteiger partial charge in [-0.3, -0.25) is 0 Å². The van der Waals surface area contributed by atoms with Crippen LogP contribution < -0.4 is 10.6 Å². The van der Waals surface area contributed by atoms with Crippen molar-refractivity contribution in [3.63, 3.8) is 0 Å². The van der Waals surface area contributed by atoms with E-state index < -0.39 is 0 Å². The van der Waals surface area contributed by atoms with Crippen LogP contribution in [0.5, 0.6) is 0 Å². The summed E-state index contributed by atoms with van der Waals surface area (Å²) in [6, 6.07) is 5.92. The lowest BCUT2D eigenvalue weighted by Gasteiger charge is -2.04. The van der Waals surface area contributed by atoms with Crippen LogP contribution in [0.4, 0.5) is 10.8 Å². The number of rotatable bonds is 2. The number of hydrogen-bond donors (Lipinski definition) is 1. The third kappa shape index (κ3) is 1.99. The number of hydrogen-bond acceptors (Lipinski definition) is 5. The molecule has 1 aromatic heterocycles. The van der Waals surface area contributed by atoms with Crippen LogP contribution in [0.15, 0.2) is 18.2 Å². The summed E-state index contributed by atoms with van der Waals surface area (Å²) in [5.74, 6) is 0. The molecule has 5 heteroatoms. The number of benzene rings is 1. The second-order valence-electron chi connectivity index (χ2n) is 3.86. The number of nitrogens with zero attached hydrogens (tertiary/aromatic N) is 3. The minimum absolute atomic E-state index is 0.807. The first-order valence-electron chi connectivity index (χ1n) is 4.95. The number of nitrogens with two attached hydrogens (primary N) is 1. The van der Waals surface area contributed by atoms with Crippen LogP contribution in [0, 0.1) is 6.92 Å². The quantitative estimate of drug-likeness (QED) is 0.809. The molecule has 0 fully saturated rings. The summed E-state index contributed by atoms with van der Waals surface area (Å²) >= 11 is 1.57. The van der Waals surface area contributed by atoms with Crippen molar-refractivity contribution in [3.05, 3.63) is 23.8 Å². The van der Waals surface area contributed by atoms with Crippen molar-refractivity contribution in [1.82, 2.24) is 10.2 Å². The molecule has 1 aromatic carbocycles. The maximum atomic E-state index is 5.78. The molecular weight excluding hydrogens is 220 g/mol. The molecule has 1 heterocycles. The maximum absolute atomic E-state index is 5.78. The van der Waals surface area contributed by atoms with Crippen LogP contribution >= 0.6 is 11.3 Å². The SMILES string of the molecule is Cc1cc(-c2nnc(N(C)C)s2)ccc1N. The van der Waals surface area contributed by atoms with Gasteiger partial charge in [0.15, 0.2) is 0 Å². The Labute approximate surface area is 98.7 Å². The zero-order valence-corrected chi connectivity index (χ0v) is 10.4. The lowest BCUT2D eigenvalue weighted by molar-refractivity contribution is 1.02. The summed E-state index contributed by atoms with van der Waals surface area (Å²) in [6.07, 6.45) is 0. The van der Waals surface area contributed by atoms with Gasteiger partial charge < -0.3 is 10.6 Å². The number of anilines is 2. The van der Waals surface area contributed by atoms with Gasteiger partial charge in [0.1, 0.15) is 5.01 Å². The van der Waals surface area contributed by atoms with Crippen molar-refractivity contribution in [1.29, 1.82) is 0 Å². The minimum atomic E-state index is 0.807. The molecule has 2 aromatic rings. The van der Waals surface area contributed by atoms with E-state index in [-0.39, 0.29) is 0 Å². The molecule has 0 radical (unpaired) electrons. The Hall–Kier alpha value is -1.62. The fourth-order valence-electron chi connectivity index (χ4n) is 1.32. The van der Waals surface area contributed by atoms with Gasteiger partial charge in [-0.1, -0.05) is 11.3 Å². The summed E-state index contributed by atoms with van der Waals surface area (Å²) in [6.45, 7) is 1.99. The first kappa shape index (κ1) is 10.9. The summed E-state index contributed by atoms with van der Waals surface area (Å²) in [5, 5.41) is 10.1. The molecule has 16 heavy (non-hydrogen) atoms. The van der Waals surface area contributed by atoms with E-state index in [4.69, 9.17) is 5.73 Å². The maximum Gasteiger partial charge on any atom is 0.208 e. The van der Waals surface area contributed by atoms with Crippen LogP contribution in [-0.4, -0.2) is 24.3 Å². The molecule has 0 spiro atoms. The summed E-state index contributed by atoms with van der Waals surface area (Å²) in [4.78, 5) is 1.95. The van der Waals surface area contributed by atoms with Crippen molar-refractivity contribution < 1.29 is 0 Å². The van der Waals surface area contributed by atoms with E-state index in [2.05, 4.69) is 10.2 Å². The molecule has 4 nitrogen and oxygen atoms in total. The Morgan fingerprint density at radius 2 is 2.00 bits per heavy atom. The summed E-state index contributed by atoms with van der Waals surface area (Å²) in [7, 11) is 3.91. The fourth-order valence-corrected chi connectivity index (χ4v) is 2.09. The fraction of sp³-hybridized carbons (Fsp3) is 0.273. The van der Waals surface area contributed by atoms with Crippen LogP contribution in [0.2, 0.25) is 0 Å². The van der Waals surface area contributed by atoms with Gasteiger partial charge in [0.25, 0.3) is 0 Å². The van der Waals surface area contributed by atoms with Crippen LogP contribution in [-0.2, 0) is 0 Å². The molecule has 2 N–H and O–H groups in total. The van der Waals surface area contributed by atoms with Gasteiger partial charge in [-0.05, 0) is 30.7 Å². The lowest BCUT2D eigenvalue weighted by Crippen LogP contribution is -2.07. The van der Waals surface area contributed by atoms with Crippen molar-refractivity contribution in [2.24, 2.45) is 0 Å². The van der Waals surface area contributed by atoms with Crippen LogP contribution in [0.25, 0.3) is 10.6 Å². The highest BCUT2D eigenvalue weighted by Crippen LogP contribution is 2.29. The van der Waals surface area contributed by atoms with Crippen molar-refractivity contribution >= 4 is 22.2 Å². The Morgan fingerprint density at radius 1 is 1.25 bits per heavy atom. The standard InChI is InChI=1S/C11H14N4S/c1-7-6-8(4-5-9(7)12)10-13-14-11(16-10)15(2)3/h4-6H,12H2,1-3H3. The van der Waals surface area contributed by atoms with E-state index >= 15 is 0 Å². The molecule has 0 bridgehead atoms. The predicted molar refractivity (Wildman–Crippen MR) is 68.8 cm³/mol. The Kier molecular flexibility index (Phi) is 2.78. The highest BCUT2D eigenvalue weighted by atomic mass is 32.1. The number of nitrogen functional groups attached to an aromatic ring is 1. The van der Waals surface area contributed by atoms with Crippen LogP contribution in [0.1, 0.15) is 5.56 Å². The average Bonchev–Trinajstić information content (AvgIpc) is 2.71. The van der Waals surface area contributed by atoms with Crippen molar-refractivity contribution in [3.8, 4) is 10.6 Å². The van der Waals surface area contributed by atoms with E-state index in [1.165, 1.54) is 0 Å². The van der Waals surface area contributed by atoms with Gasteiger partial charge in [-0.15, -0.1) is 10.2 Å². The van der Waals surface area contributed by atoms with Crippen LogP contribution in [0.3, 0.4) is 0 Å². The summed E-state index contributed by atoms with van der Waals surface area (Å²) < 4.78 is 0. The smallest absolute Gasteiger partial charge is 0.208 e. The van der Waals surface area contributed by atoms with Gasteiger partial charge in [0.05, 0.1) is 0 Å². The second-order valence-corrected chi connectivity index (χ2v) is 4.81. The van der Waals surface area contributed by atoms with E-state index in [0.717, 1.165) is 27.0 Å². The molecular formula is C11H14N4S. The van der Waals surface area contributed by atoms with E-state index in [0.29, 0.717) is 0 Å². The zero-order chi connectivity index (χ0) is 11.7. The largest absolute Gasteiger partial charge is 0.399 e. The van der Waals surface area contributed by atoms with Crippen molar-refractivity contribution in [2.75, 3.05) is 24.7 Å². The van der Waals surface area contributed by atoms with Gasteiger partial charge in [0.2, 0.25) is 5.13 Å². The molecule has 0 unspecified atom stereocenters. The van der Waals surface area contributed by atoms with Gasteiger partial charge in [-0.2, -0.15) is 0 Å². The zero-order valence-electron chi connectivity index (χ0n) is 9.56. The average molecular weight is 234 g/mol.